The fourth-order valence-electron chi connectivity index (χ4n) is 1.79. The molecule has 1 rings (SSSR count). The Morgan fingerprint density at radius 1 is 0.833 bits per heavy atom. The molecular weight excluding hydrogens is 236 g/mol. The fourth-order valence-corrected chi connectivity index (χ4v) is 1.79. The van der Waals surface area contributed by atoms with Gasteiger partial charge in [0.15, 0.2) is 0 Å². The molecule has 0 aromatic rings. The van der Waals surface area contributed by atoms with Crippen molar-refractivity contribution >= 4 is 11.9 Å². The molecule has 0 N–H and O–H groups in total. The molecule has 0 aromatic heterocycles. The van der Waals surface area contributed by atoms with Gasteiger partial charge in [-0.1, -0.05) is 6.58 Å². The molecule has 1 heterocycles. The molecule has 1 aliphatic rings. The van der Waals surface area contributed by atoms with Crippen molar-refractivity contribution in [2.45, 2.75) is 58.3 Å². The Morgan fingerprint density at radius 2 is 1.22 bits per heavy atom. The lowest BCUT2D eigenvalue weighted by atomic mass is 10.2. The van der Waals surface area contributed by atoms with Gasteiger partial charge >= 0.3 is 11.9 Å². The molecule has 0 bridgehead atoms. The monoisotopic (exact) mass is 256 g/mol. The largest absolute Gasteiger partial charge is 0.495 e. The molecule has 0 saturated carbocycles. The Balaban J connectivity index is 2.69. The molecule has 1 fully saturated rings. The average Bonchev–Trinajstić information content (AvgIpc) is 2.12. The number of carbonyl (C=O) groups excluding carboxylic acids is 2. The minimum absolute atomic E-state index is 0.0673. The maximum Gasteiger partial charge on any atom is 0.309 e. The van der Waals surface area contributed by atoms with Gasteiger partial charge in [-0.2, -0.15) is 0 Å². The summed E-state index contributed by atoms with van der Waals surface area (Å²) in [4.78, 5) is 23.0. The Hall–Kier alpha value is -1.52. The lowest BCUT2D eigenvalue weighted by molar-refractivity contribution is -0.158. The van der Waals surface area contributed by atoms with Gasteiger partial charge in [-0.3, -0.25) is 9.59 Å². The van der Waals surface area contributed by atoms with E-state index in [4.69, 9.17) is 14.2 Å². The van der Waals surface area contributed by atoms with Gasteiger partial charge < -0.3 is 14.2 Å². The molecule has 0 amide bonds. The molecular formula is C13H20O5. The summed E-state index contributed by atoms with van der Waals surface area (Å²) < 4.78 is 15.7. The van der Waals surface area contributed by atoms with Crippen molar-refractivity contribution in [2.24, 2.45) is 0 Å². The maximum atomic E-state index is 11.5. The summed E-state index contributed by atoms with van der Waals surface area (Å²) in [6.07, 6.45) is -0.421. The molecule has 0 spiro atoms. The molecule has 5 nitrogen and oxygen atoms in total. The highest BCUT2D eigenvalue weighted by molar-refractivity contribution is 5.73. The molecule has 1 aliphatic heterocycles. The first-order valence-electron chi connectivity index (χ1n) is 6.10. The summed E-state index contributed by atoms with van der Waals surface area (Å²) in [5.74, 6) is -0.266. The Bertz CT molecular complexity index is 260. The van der Waals surface area contributed by atoms with Crippen LogP contribution in [0.25, 0.3) is 0 Å². The minimum Gasteiger partial charge on any atom is -0.495 e. The number of ether oxygens (including phenoxy) is 3. The summed E-state index contributed by atoms with van der Waals surface area (Å²) in [5.41, 5.74) is 0. The van der Waals surface area contributed by atoms with Gasteiger partial charge in [-0.25, -0.2) is 0 Å². The van der Waals surface area contributed by atoms with Gasteiger partial charge in [0.2, 0.25) is 0 Å². The predicted molar refractivity (Wildman–Crippen MR) is 64.6 cm³/mol. The summed E-state index contributed by atoms with van der Waals surface area (Å²) in [7, 11) is 0. The van der Waals surface area contributed by atoms with Gasteiger partial charge in [0, 0.05) is 6.42 Å². The van der Waals surface area contributed by atoms with Crippen molar-refractivity contribution < 1.29 is 23.8 Å². The fraction of sp³-hybridized carbons (Fsp3) is 0.692. The molecule has 3 atom stereocenters. The Morgan fingerprint density at radius 3 is 1.72 bits per heavy atom. The molecule has 0 aliphatic carbocycles. The van der Waals surface area contributed by atoms with E-state index in [-0.39, 0.29) is 37.0 Å². The van der Waals surface area contributed by atoms with Crippen molar-refractivity contribution in [3.05, 3.63) is 12.3 Å². The van der Waals surface area contributed by atoms with Crippen molar-refractivity contribution in [3.63, 3.8) is 0 Å². The third-order valence-electron chi connectivity index (χ3n) is 2.46. The lowest BCUT2D eigenvalue weighted by Gasteiger charge is -2.22. The predicted octanol–water partition coefficient (Wildman–Crippen LogP) is 1.95. The minimum atomic E-state index is -0.480. The first kappa shape index (κ1) is 14.5. The van der Waals surface area contributed by atoms with Crippen LogP contribution in [0.1, 0.15) is 40.0 Å². The van der Waals surface area contributed by atoms with Gasteiger partial charge in [0.1, 0.15) is 18.3 Å². The summed E-state index contributed by atoms with van der Waals surface area (Å²) in [5, 5.41) is 0. The number of cyclic esters (lactones) is 2. The van der Waals surface area contributed by atoms with E-state index < -0.39 is 6.10 Å². The zero-order valence-electron chi connectivity index (χ0n) is 11.1. The van der Waals surface area contributed by atoms with Crippen LogP contribution in [-0.2, 0) is 23.8 Å². The van der Waals surface area contributed by atoms with E-state index in [1.54, 1.807) is 20.8 Å². The molecule has 1 saturated heterocycles. The second kappa shape index (κ2) is 6.42. The number of esters is 2. The second-order valence-electron chi connectivity index (χ2n) is 4.68. The Labute approximate surface area is 107 Å². The van der Waals surface area contributed by atoms with Crippen LogP contribution in [-0.4, -0.2) is 30.3 Å². The normalized spacial score (nSPS) is 31.5. The molecule has 0 radical (unpaired) electrons. The first-order valence-corrected chi connectivity index (χ1v) is 6.10. The molecule has 18 heavy (non-hydrogen) atoms. The lowest BCUT2D eigenvalue weighted by Crippen LogP contribution is -2.26. The standard InChI is InChI=1S/C13H20O5/c1-8-5-9(2)17-13(15)7-11(4)18-12(14)6-10(3)16-8/h9-11H,1,5-7H2,2-4H3. The van der Waals surface area contributed by atoms with Gasteiger partial charge in [-0.15, -0.1) is 0 Å². The Kier molecular flexibility index (Phi) is 5.19. The van der Waals surface area contributed by atoms with E-state index in [2.05, 4.69) is 6.58 Å². The van der Waals surface area contributed by atoms with Crippen molar-refractivity contribution in [3.8, 4) is 0 Å². The zero-order valence-corrected chi connectivity index (χ0v) is 11.1. The van der Waals surface area contributed by atoms with E-state index >= 15 is 0 Å². The quantitative estimate of drug-likeness (QED) is 0.620. The van der Waals surface area contributed by atoms with E-state index in [0.717, 1.165) is 0 Å². The first-order chi connectivity index (χ1) is 8.36. The third-order valence-corrected chi connectivity index (χ3v) is 2.46. The number of hydrogen-bond donors (Lipinski definition) is 0. The SMILES string of the molecule is C=C1CC(C)OC(=O)CC(C)OC(=O)CC(C)O1. The summed E-state index contributed by atoms with van der Waals surface area (Å²) >= 11 is 0. The average molecular weight is 256 g/mol. The van der Waals surface area contributed by atoms with Gasteiger partial charge in [-0.05, 0) is 20.8 Å². The topological polar surface area (TPSA) is 61.8 Å². The zero-order chi connectivity index (χ0) is 13.7. The highest BCUT2D eigenvalue weighted by Crippen LogP contribution is 2.15. The smallest absolute Gasteiger partial charge is 0.309 e. The van der Waals surface area contributed by atoms with Crippen LogP contribution in [0, 0.1) is 0 Å². The van der Waals surface area contributed by atoms with Crippen LogP contribution in [0.15, 0.2) is 12.3 Å². The van der Waals surface area contributed by atoms with E-state index in [1.165, 1.54) is 0 Å². The van der Waals surface area contributed by atoms with Crippen LogP contribution in [0.3, 0.4) is 0 Å². The van der Waals surface area contributed by atoms with E-state index in [9.17, 15) is 9.59 Å². The van der Waals surface area contributed by atoms with E-state index in [0.29, 0.717) is 12.2 Å². The summed E-state index contributed by atoms with van der Waals surface area (Å²) in [6.45, 7) is 8.96. The summed E-state index contributed by atoms with van der Waals surface area (Å²) in [6, 6.07) is 0. The third kappa shape index (κ3) is 5.21. The highest BCUT2D eigenvalue weighted by Gasteiger charge is 2.21. The number of carbonyl (C=O) groups is 2. The molecule has 102 valence electrons. The second-order valence-corrected chi connectivity index (χ2v) is 4.68. The molecule has 0 aromatic carbocycles. The van der Waals surface area contributed by atoms with Gasteiger partial charge in [0.05, 0.1) is 18.6 Å². The molecule has 3 unspecified atom stereocenters. The van der Waals surface area contributed by atoms with Crippen LogP contribution >= 0.6 is 0 Å². The van der Waals surface area contributed by atoms with E-state index in [1.807, 2.05) is 0 Å². The van der Waals surface area contributed by atoms with Gasteiger partial charge in [0.25, 0.3) is 0 Å². The van der Waals surface area contributed by atoms with Crippen LogP contribution in [0.4, 0.5) is 0 Å². The molecule has 5 heteroatoms. The highest BCUT2D eigenvalue weighted by atomic mass is 16.6. The van der Waals surface area contributed by atoms with Crippen molar-refractivity contribution in [2.75, 3.05) is 0 Å². The van der Waals surface area contributed by atoms with Crippen molar-refractivity contribution in [1.29, 1.82) is 0 Å². The van der Waals surface area contributed by atoms with Crippen molar-refractivity contribution in [1.82, 2.24) is 0 Å². The van der Waals surface area contributed by atoms with Crippen LogP contribution in [0.2, 0.25) is 0 Å². The number of hydrogen-bond acceptors (Lipinski definition) is 5. The maximum absolute atomic E-state index is 11.5. The number of rotatable bonds is 0. The van der Waals surface area contributed by atoms with Crippen LogP contribution < -0.4 is 0 Å². The van der Waals surface area contributed by atoms with Crippen LogP contribution in [0.5, 0.6) is 0 Å².